The van der Waals surface area contributed by atoms with E-state index in [1.165, 1.54) is 7.11 Å². The average molecular weight is 358 g/mol. The van der Waals surface area contributed by atoms with Crippen molar-refractivity contribution in [1.29, 1.82) is 0 Å². The smallest absolute Gasteiger partial charge is 0.248 e. The summed E-state index contributed by atoms with van der Waals surface area (Å²) in [6.07, 6.45) is 2.34. The van der Waals surface area contributed by atoms with Gasteiger partial charge in [0, 0.05) is 40.2 Å². The van der Waals surface area contributed by atoms with E-state index in [-0.39, 0.29) is 24.3 Å². The third-order valence-corrected chi connectivity index (χ3v) is 4.94. The van der Waals surface area contributed by atoms with Crippen molar-refractivity contribution in [3.05, 3.63) is 30.1 Å². The number of piperidine rings is 1. The van der Waals surface area contributed by atoms with Gasteiger partial charge in [0.2, 0.25) is 11.8 Å². The lowest BCUT2D eigenvalue weighted by Crippen LogP contribution is -2.46. The van der Waals surface area contributed by atoms with E-state index < -0.39 is 0 Å². The first-order valence-electron chi connectivity index (χ1n) is 9.05. The van der Waals surface area contributed by atoms with Gasteiger partial charge < -0.3 is 19.5 Å². The number of aromatic nitrogens is 2. The van der Waals surface area contributed by atoms with Gasteiger partial charge in [-0.1, -0.05) is 12.1 Å². The van der Waals surface area contributed by atoms with Crippen LogP contribution < -0.4 is 5.32 Å². The van der Waals surface area contributed by atoms with Crippen molar-refractivity contribution < 1.29 is 14.3 Å². The van der Waals surface area contributed by atoms with E-state index in [1.54, 1.807) is 4.90 Å². The molecule has 26 heavy (non-hydrogen) atoms. The highest BCUT2D eigenvalue weighted by atomic mass is 16.5. The number of methoxy groups -OCH3 is 1. The largest absolute Gasteiger partial charge is 0.375 e. The number of hydrogen-bond donors (Lipinski definition) is 1. The minimum absolute atomic E-state index is 0.0127. The average Bonchev–Trinajstić information content (AvgIpc) is 2.98. The summed E-state index contributed by atoms with van der Waals surface area (Å²) in [5, 5.41) is 3.00. The molecule has 2 amide bonds. The number of likely N-dealkylation sites (tertiary alicyclic amines) is 1. The number of aryl methyl sites for hydroxylation is 1. The molecule has 0 radical (unpaired) electrons. The summed E-state index contributed by atoms with van der Waals surface area (Å²) < 4.78 is 6.96. The Morgan fingerprint density at radius 1 is 1.35 bits per heavy atom. The zero-order chi connectivity index (χ0) is 18.5. The standard InChI is InChI=1S/C19H26N4O3/c1-22-16-8-4-3-7-15(16)21-17(22)9-10-20-19(25)14-6-5-11-23(12-14)18(24)13-26-2/h3-4,7-8,14H,5-6,9-13H2,1-2H3,(H,20,25). The van der Waals surface area contributed by atoms with Gasteiger partial charge in [0.15, 0.2) is 0 Å². The number of nitrogens with one attached hydrogen (secondary N) is 1. The summed E-state index contributed by atoms with van der Waals surface area (Å²) in [6.45, 7) is 1.78. The normalized spacial score (nSPS) is 17.5. The molecule has 140 valence electrons. The quantitative estimate of drug-likeness (QED) is 0.839. The van der Waals surface area contributed by atoms with Crippen LogP contribution in [0, 0.1) is 5.92 Å². The maximum absolute atomic E-state index is 12.5. The molecule has 1 fully saturated rings. The minimum Gasteiger partial charge on any atom is -0.375 e. The van der Waals surface area contributed by atoms with Crippen LogP contribution in [0.25, 0.3) is 11.0 Å². The van der Waals surface area contributed by atoms with Crippen LogP contribution in [0.2, 0.25) is 0 Å². The highest BCUT2D eigenvalue weighted by molar-refractivity contribution is 5.82. The second-order valence-corrected chi connectivity index (χ2v) is 6.73. The Morgan fingerprint density at radius 3 is 2.92 bits per heavy atom. The maximum Gasteiger partial charge on any atom is 0.248 e. The Balaban J connectivity index is 1.52. The molecule has 1 atom stereocenters. The summed E-state index contributed by atoms with van der Waals surface area (Å²) >= 11 is 0. The van der Waals surface area contributed by atoms with Crippen molar-refractivity contribution in [3.8, 4) is 0 Å². The van der Waals surface area contributed by atoms with Gasteiger partial charge in [-0.15, -0.1) is 0 Å². The number of ether oxygens (including phenoxy) is 1. The van der Waals surface area contributed by atoms with Crippen molar-refractivity contribution in [2.75, 3.05) is 33.4 Å². The molecule has 1 aromatic heterocycles. The molecule has 1 unspecified atom stereocenters. The first kappa shape index (κ1) is 18.4. The highest BCUT2D eigenvalue weighted by Crippen LogP contribution is 2.17. The molecule has 2 aromatic rings. The molecule has 7 nitrogen and oxygen atoms in total. The fraction of sp³-hybridized carbons (Fsp3) is 0.526. The van der Waals surface area contributed by atoms with Crippen LogP contribution in [-0.4, -0.2) is 59.6 Å². The topological polar surface area (TPSA) is 76.5 Å². The van der Waals surface area contributed by atoms with Crippen molar-refractivity contribution in [2.45, 2.75) is 19.3 Å². The molecule has 1 aliphatic rings. The molecule has 3 rings (SSSR count). The van der Waals surface area contributed by atoms with Crippen molar-refractivity contribution >= 4 is 22.8 Å². The third kappa shape index (κ3) is 4.04. The van der Waals surface area contributed by atoms with E-state index in [2.05, 4.69) is 14.9 Å². The number of hydrogen-bond acceptors (Lipinski definition) is 4. The van der Waals surface area contributed by atoms with Crippen LogP contribution in [0.3, 0.4) is 0 Å². The summed E-state index contributed by atoms with van der Waals surface area (Å²) in [5.41, 5.74) is 2.06. The number of fused-ring (bicyclic) bond motifs is 1. The first-order chi connectivity index (χ1) is 12.6. The molecule has 0 aliphatic carbocycles. The molecule has 0 saturated carbocycles. The number of nitrogens with zero attached hydrogens (tertiary/aromatic N) is 3. The fourth-order valence-corrected chi connectivity index (χ4v) is 3.49. The van der Waals surface area contributed by atoms with Crippen LogP contribution in [-0.2, 0) is 27.8 Å². The van der Waals surface area contributed by atoms with Gasteiger partial charge in [-0.3, -0.25) is 9.59 Å². The Kier molecular flexibility index (Phi) is 5.88. The third-order valence-electron chi connectivity index (χ3n) is 4.94. The molecular formula is C19H26N4O3. The van der Waals surface area contributed by atoms with E-state index in [0.29, 0.717) is 26.1 Å². The lowest BCUT2D eigenvalue weighted by atomic mass is 9.97. The van der Waals surface area contributed by atoms with Gasteiger partial charge in [0.05, 0.1) is 17.0 Å². The van der Waals surface area contributed by atoms with Crippen molar-refractivity contribution in [2.24, 2.45) is 13.0 Å². The number of para-hydroxylation sites is 2. The van der Waals surface area contributed by atoms with E-state index in [0.717, 1.165) is 29.7 Å². The number of amides is 2. The monoisotopic (exact) mass is 358 g/mol. The van der Waals surface area contributed by atoms with Gasteiger partial charge >= 0.3 is 0 Å². The van der Waals surface area contributed by atoms with Gasteiger partial charge in [-0.05, 0) is 25.0 Å². The van der Waals surface area contributed by atoms with Crippen LogP contribution in [0.15, 0.2) is 24.3 Å². The minimum atomic E-state index is -0.148. The van der Waals surface area contributed by atoms with Crippen molar-refractivity contribution in [1.82, 2.24) is 19.8 Å². The second kappa shape index (κ2) is 8.31. The highest BCUT2D eigenvalue weighted by Gasteiger charge is 2.28. The zero-order valence-electron chi connectivity index (χ0n) is 15.4. The summed E-state index contributed by atoms with van der Waals surface area (Å²) in [6, 6.07) is 8.00. The molecule has 1 N–H and O–H groups in total. The first-order valence-corrected chi connectivity index (χ1v) is 9.05. The number of carbonyl (C=O) groups excluding carboxylic acids is 2. The Hall–Kier alpha value is -2.41. The fourth-order valence-electron chi connectivity index (χ4n) is 3.49. The zero-order valence-corrected chi connectivity index (χ0v) is 15.4. The molecule has 0 spiro atoms. The van der Waals surface area contributed by atoms with Crippen LogP contribution in [0.5, 0.6) is 0 Å². The predicted octanol–water partition coefficient (Wildman–Crippen LogP) is 1.12. The van der Waals surface area contributed by atoms with Crippen LogP contribution in [0.4, 0.5) is 0 Å². The van der Waals surface area contributed by atoms with Crippen molar-refractivity contribution in [3.63, 3.8) is 0 Å². The molecule has 1 aromatic carbocycles. The van der Waals surface area contributed by atoms with Gasteiger partial charge in [0.1, 0.15) is 12.4 Å². The Labute approximate surface area is 153 Å². The van der Waals surface area contributed by atoms with Gasteiger partial charge in [0.25, 0.3) is 0 Å². The molecule has 1 saturated heterocycles. The molecule has 1 aliphatic heterocycles. The molecule has 2 heterocycles. The van der Waals surface area contributed by atoms with Crippen LogP contribution in [0.1, 0.15) is 18.7 Å². The maximum atomic E-state index is 12.5. The predicted molar refractivity (Wildman–Crippen MR) is 98.6 cm³/mol. The van der Waals surface area contributed by atoms with Crippen LogP contribution >= 0.6 is 0 Å². The Morgan fingerprint density at radius 2 is 2.15 bits per heavy atom. The number of benzene rings is 1. The molecule has 7 heteroatoms. The van der Waals surface area contributed by atoms with E-state index in [1.807, 2.05) is 31.3 Å². The number of imidazole rings is 1. The summed E-state index contributed by atoms with van der Waals surface area (Å²) in [5.74, 6) is 0.764. The van der Waals surface area contributed by atoms with Gasteiger partial charge in [-0.25, -0.2) is 4.98 Å². The SMILES string of the molecule is COCC(=O)N1CCCC(C(=O)NCCc2nc3ccccc3n2C)C1. The molecule has 0 bridgehead atoms. The summed E-state index contributed by atoms with van der Waals surface area (Å²) in [4.78, 5) is 30.8. The van der Waals surface area contributed by atoms with E-state index in [9.17, 15) is 9.59 Å². The lowest BCUT2D eigenvalue weighted by molar-refractivity contribution is -0.138. The molecular weight excluding hydrogens is 332 g/mol. The second-order valence-electron chi connectivity index (χ2n) is 6.73. The van der Waals surface area contributed by atoms with E-state index >= 15 is 0 Å². The Bertz CT molecular complexity index is 786. The lowest BCUT2D eigenvalue weighted by Gasteiger charge is -2.31. The van der Waals surface area contributed by atoms with E-state index in [4.69, 9.17) is 4.74 Å². The number of rotatable bonds is 6. The van der Waals surface area contributed by atoms with Gasteiger partial charge in [-0.2, -0.15) is 0 Å². The summed E-state index contributed by atoms with van der Waals surface area (Å²) in [7, 11) is 3.50. The number of carbonyl (C=O) groups is 2.